The van der Waals surface area contributed by atoms with Crippen molar-refractivity contribution in [3.8, 4) is 11.5 Å². The van der Waals surface area contributed by atoms with Gasteiger partial charge in [0, 0.05) is 18.4 Å². The van der Waals surface area contributed by atoms with E-state index in [1.54, 1.807) is 7.11 Å². The molecule has 0 unspecified atom stereocenters. The summed E-state index contributed by atoms with van der Waals surface area (Å²) in [4.78, 5) is 12.2. The Morgan fingerprint density at radius 1 is 1.03 bits per heavy atom. The highest BCUT2D eigenvalue weighted by Crippen LogP contribution is 2.19. The SMILES string of the molecule is CCOc1ccc(NC(=O)CSc2nnc(CNc3ccc(OC)cc3)n2C)cc1. The summed E-state index contributed by atoms with van der Waals surface area (Å²) < 4.78 is 12.4. The van der Waals surface area contributed by atoms with Crippen LogP contribution in [0.25, 0.3) is 0 Å². The number of methoxy groups -OCH3 is 1. The number of anilines is 2. The number of nitrogens with zero attached hydrogens (tertiary/aromatic N) is 3. The number of hydrogen-bond donors (Lipinski definition) is 2. The van der Waals surface area contributed by atoms with E-state index >= 15 is 0 Å². The van der Waals surface area contributed by atoms with Gasteiger partial charge in [0.05, 0.1) is 26.0 Å². The van der Waals surface area contributed by atoms with E-state index in [1.807, 2.05) is 67.1 Å². The summed E-state index contributed by atoms with van der Waals surface area (Å²) in [5, 5.41) is 15.3. The molecule has 1 aromatic heterocycles. The maximum absolute atomic E-state index is 12.2. The van der Waals surface area contributed by atoms with Crippen LogP contribution in [-0.2, 0) is 18.4 Å². The van der Waals surface area contributed by atoms with Gasteiger partial charge >= 0.3 is 0 Å². The normalized spacial score (nSPS) is 10.5. The number of carbonyl (C=O) groups is 1. The molecule has 1 amide bonds. The molecule has 3 rings (SSSR count). The number of nitrogens with one attached hydrogen (secondary N) is 2. The summed E-state index contributed by atoms with van der Waals surface area (Å²) in [5.74, 6) is 2.50. The lowest BCUT2D eigenvalue weighted by Gasteiger charge is -2.08. The van der Waals surface area contributed by atoms with E-state index in [1.165, 1.54) is 11.8 Å². The number of aromatic nitrogens is 3. The Bertz CT molecular complexity index is 958. The molecule has 158 valence electrons. The van der Waals surface area contributed by atoms with Gasteiger partial charge in [-0.15, -0.1) is 10.2 Å². The largest absolute Gasteiger partial charge is 0.497 e. The van der Waals surface area contributed by atoms with Crippen LogP contribution in [0, 0.1) is 0 Å². The second-order valence-corrected chi connectivity index (χ2v) is 7.28. The summed E-state index contributed by atoms with van der Waals surface area (Å²) in [7, 11) is 3.53. The molecular formula is C21H25N5O3S. The van der Waals surface area contributed by atoms with Crippen LogP contribution in [0.1, 0.15) is 12.7 Å². The first-order valence-electron chi connectivity index (χ1n) is 9.50. The monoisotopic (exact) mass is 427 g/mol. The van der Waals surface area contributed by atoms with Gasteiger partial charge in [-0.2, -0.15) is 0 Å². The van der Waals surface area contributed by atoms with Gasteiger partial charge in [0.25, 0.3) is 0 Å². The smallest absolute Gasteiger partial charge is 0.234 e. The minimum absolute atomic E-state index is 0.106. The molecular weight excluding hydrogens is 402 g/mol. The van der Waals surface area contributed by atoms with Gasteiger partial charge in [-0.25, -0.2) is 0 Å². The van der Waals surface area contributed by atoms with Crippen LogP contribution >= 0.6 is 11.8 Å². The zero-order chi connectivity index (χ0) is 21.3. The second-order valence-electron chi connectivity index (χ2n) is 6.33. The van der Waals surface area contributed by atoms with Crippen LogP contribution < -0.4 is 20.1 Å². The number of hydrogen-bond acceptors (Lipinski definition) is 7. The Kier molecular flexibility index (Phi) is 7.56. The minimum Gasteiger partial charge on any atom is -0.497 e. The number of rotatable bonds is 10. The molecule has 30 heavy (non-hydrogen) atoms. The third kappa shape index (κ3) is 5.90. The van der Waals surface area contributed by atoms with Gasteiger partial charge in [-0.05, 0) is 55.5 Å². The van der Waals surface area contributed by atoms with E-state index in [0.717, 1.165) is 28.7 Å². The van der Waals surface area contributed by atoms with E-state index in [9.17, 15) is 4.79 Å². The average Bonchev–Trinajstić information content (AvgIpc) is 3.12. The zero-order valence-electron chi connectivity index (χ0n) is 17.2. The highest BCUT2D eigenvalue weighted by Gasteiger charge is 2.12. The van der Waals surface area contributed by atoms with Crippen molar-refractivity contribution in [1.29, 1.82) is 0 Å². The molecule has 0 atom stereocenters. The lowest BCUT2D eigenvalue weighted by Crippen LogP contribution is -2.14. The van der Waals surface area contributed by atoms with Crippen LogP contribution in [0.15, 0.2) is 53.7 Å². The Hall–Kier alpha value is -3.20. The second kappa shape index (κ2) is 10.5. The lowest BCUT2D eigenvalue weighted by molar-refractivity contribution is -0.113. The summed E-state index contributed by atoms with van der Waals surface area (Å²) in [6, 6.07) is 15.0. The predicted molar refractivity (Wildman–Crippen MR) is 118 cm³/mol. The summed E-state index contributed by atoms with van der Waals surface area (Å²) in [6.07, 6.45) is 0. The van der Waals surface area contributed by atoms with E-state index in [2.05, 4.69) is 20.8 Å². The minimum atomic E-state index is -0.106. The lowest BCUT2D eigenvalue weighted by atomic mass is 10.3. The molecule has 3 aromatic rings. The molecule has 0 radical (unpaired) electrons. The number of carbonyl (C=O) groups excluding carboxylic acids is 1. The maximum atomic E-state index is 12.2. The summed E-state index contributed by atoms with van der Waals surface area (Å²) >= 11 is 1.34. The van der Waals surface area contributed by atoms with Crippen LogP contribution in [0.2, 0.25) is 0 Å². The van der Waals surface area contributed by atoms with Crippen molar-refractivity contribution in [3.63, 3.8) is 0 Å². The Morgan fingerprint density at radius 3 is 2.37 bits per heavy atom. The highest BCUT2D eigenvalue weighted by atomic mass is 32.2. The predicted octanol–water partition coefficient (Wildman–Crippen LogP) is 3.57. The van der Waals surface area contributed by atoms with Gasteiger partial charge in [0.1, 0.15) is 11.5 Å². The van der Waals surface area contributed by atoms with Gasteiger partial charge in [0.2, 0.25) is 5.91 Å². The van der Waals surface area contributed by atoms with Crippen LogP contribution in [0.4, 0.5) is 11.4 Å². The molecule has 0 aliphatic heterocycles. The standard InChI is InChI=1S/C21H25N5O3S/c1-4-29-18-11-7-16(8-12-18)23-20(27)14-30-21-25-24-19(26(21)2)13-22-15-5-9-17(28-3)10-6-15/h5-12,22H,4,13-14H2,1-3H3,(H,23,27). The molecule has 0 spiro atoms. The molecule has 0 fully saturated rings. The number of amides is 1. The Labute approximate surface area is 180 Å². The molecule has 0 saturated heterocycles. The van der Waals surface area contributed by atoms with Crippen molar-refractivity contribution in [1.82, 2.24) is 14.8 Å². The number of ether oxygens (including phenoxy) is 2. The summed E-state index contributed by atoms with van der Waals surface area (Å²) in [5.41, 5.74) is 1.69. The van der Waals surface area contributed by atoms with Crippen LogP contribution in [-0.4, -0.2) is 40.1 Å². The van der Waals surface area contributed by atoms with E-state index in [0.29, 0.717) is 18.3 Å². The van der Waals surface area contributed by atoms with Gasteiger partial charge in [-0.3, -0.25) is 4.79 Å². The van der Waals surface area contributed by atoms with Gasteiger partial charge in [-0.1, -0.05) is 11.8 Å². The molecule has 0 bridgehead atoms. The van der Waals surface area contributed by atoms with E-state index in [-0.39, 0.29) is 11.7 Å². The van der Waals surface area contributed by atoms with E-state index in [4.69, 9.17) is 9.47 Å². The fourth-order valence-electron chi connectivity index (χ4n) is 2.64. The molecule has 0 saturated carbocycles. The first kappa shape index (κ1) is 21.5. The Balaban J connectivity index is 1.48. The highest BCUT2D eigenvalue weighted by molar-refractivity contribution is 7.99. The summed E-state index contributed by atoms with van der Waals surface area (Å²) in [6.45, 7) is 3.06. The number of benzene rings is 2. The van der Waals surface area contributed by atoms with Crippen molar-refractivity contribution in [2.75, 3.05) is 30.1 Å². The number of thioether (sulfide) groups is 1. The first-order valence-corrected chi connectivity index (χ1v) is 10.5. The molecule has 0 aliphatic rings. The van der Waals surface area contributed by atoms with Gasteiger partial charge < -0.3 is 24.7 Å². The maximum Gasteiger partial charge on any atom is 0.234 e. The molecule has 1 heterocycles. The molecule has 8 nitrogen and oxygen atoms in total. The fraction of sp³-hybridized carbons (Fsp3) is 0.286. The topological polar surface area (TPSA) is 90.3 Å². The van der Waals surface area contributed by atoms with E-state index < -0.39 is 0 Å². The van der Waals surface area contributed by atoms with Gasteiger partial charge in [0.15, 0.2) is 11.0 Å². The molecule has 9 heteroatoms. The Morgan fingerprint density at radius 2 is 1.70 bits per heavy atom. The third-order valence-electron chi connectivity index (χ3n) is 4.25. The molecule has 0 aliphatic carbocycles. The fourth-order valence-corrected chi connectivity index (χ4v) is 3.37. The average molecular weight is 428 g/mol. The first-order chi connectivity index (χ1) is 14.6. The molecule has 2 aromatic carbocycles. The van der Waals surface area contributed by atoms with Crippen molar-refractivity contribution < 1.29 is 14.3 Å². The quantitative estimate of drug-likeness (QED) is 0.478. The molecule has 2 N–H and O–H groups in total. The van der Waals surface area contributed by atoms with Crippen LogP contribution in [0.5, 0.6) is 11.5 Å². The van der Waals surface area contributed by atoms with Crippen molar-refractivity contribution >= 4 is 29.0 Å². The van der Waals surface area contributed by atoms with Crippen LogP contribution in [0.3, 0.4) is 0 Å². The van der Waals surface area contributed by atoms with Crippen molar-refractivity contribution in [2.45, 2.75) is 18.6 Å². The third-order valence-corrected chi connectivity index (χ3v) is 5.27. The van der Waals surface area contributed by atoms with Crippen molar-refractivity contribution in [2.24, 2.45) is 7.05 Å². The zero-order valence-corrected chi connectivity index (χ0v) is 18.0. The van der Waals surface area contributed by atoms with Crippen molar-refractivity contribution in [3.05, 3.63) is 54.4 Å².